The van der Waals surface area contributed by atoms with Gasteiger partial charge < -0.3 is 10.6 Å². The highest BCUT2D eigenvalue weighted by Crippen LogP contribution is 2.40. The zero-order chi connectivity index (χ0) is 15.5. The Morgan fingerprint density at radius 1 is 1.09 bits per heavy atom. The van der Waals surface area contributed by atoms with Crippen LogP contribution in [0.3, 0.4) is 0 Å². The van der Waals surface area contributed by atoms with E-state index < -0.39 is 17.7 Å². The molecular formula is C17H16F2N2O. The van der Waals surface area contributed by atoms with Gasteiger partial charge in [-0.1, -0.05) is 30.3 Å². The van der Waals surface area contributed by atoms with E-state index >= 15 is 0 Å². The summed E-state index contributed by atoms with van der Waals surface area (Å²) < 4.78 is 26.4. The SMILES string of the molecule is O=C(Nc1ccc(F)cc1F)NC(c1ccccc1)C1CC1. The fourth-order valence-corrected chi connectivity index (χ4v) is 2.45. The largest absolute Gasteiger partial charge is 0.331 e. The van der Waals surface area contributed by atoms with Crippen LogP contribution in [-0.4, -0.2) is 6.03 Å². The molecule has 1 fully saturated rings. The Balaban J connectivity index is 1.69. The molecule has 2 aromatic carbocycles. The van der Waals surface area contributed by atoms with Crippen LogP contribution in [0.5, 0.6) is 0 Å². The fourth-order valence-electron chi connectivity index (χ4n) is 2.45. The molecule has 2 N–H and O–H groups in total. The number of nitrogens with one attached hydrogen (secondary N) is 2. The van der Waals surface area contributed by atoms with Crippen molar-refractivity contribution in [2.24, 2.45) is 5.92 Å². The molecule has 1 aliphatic rings. The van der Waals surface area contributed by atoms with E-state index in [0.717, 1.165) is 30.5 Å². The first-order chi connectivity index (χ1) is 10.6. The Bertz CT molecular complexity index is 672. The Labute approximate surface area is 127 Å². The molecule has 114 valence electrons. The summed E-state index contributed by atoms with van der Waals surface area (Å²) in [7, 11) is 0. The zero-order valence-corrected chi connectivity index (χ0v) is 11.9. The minimum atomic E-state index is -0.794. The Kier molecular flexibility index (Phi) is 4.04. The van der Waals surface area contributed by atoms with E-state index in [9.17, 15) is 13.6 Å². The van der Waals surface area contributed by atoms with Gasteiger partial charge in [0.05, 0.1) is 11.7 Å². The van der Waals surface area contributed by atoms with E-state index in [4.69, 9.17) is 0 Å². The van der Waals surface area contributed by atoms with Crippen molar-refractivity contribution in [2.45, 2.75) is 18.9 Å². The lowest BCUT2D eigenvalue weighted by atomic mass is 10.0. The van der Waals surface area contributed by atoms with Crippen LogP contribution in [0.4, 0.5) is 19.3 Å². The summed E-state index contributed by atoms with van der Waals surface area (Å²) in [5, 5.41) is 5.30. The molecule has 0 aromatic heterocycles. The first-order valence-electron chi connectivity index (χ1n) is 7.21. The molecule has 1 atom stereocenters. The maximum absolute atomic E-state index is 13.6. The normalized spacial score (nSPS) is 15.2. The molecule has 0 bridgehead atoms. The molecule has 1 aliphatic carbocycles. The van der Waals surface area contributed by atoms with E-state index in [0.29, 0.717) is 5.92 Å². The van der Waals surface area contributed by atoms with E-state index in [1.54, 1.807) is 0 Å². The second-order valence-electron chi connectivity index (χ2n) is 5.45. The van der Waals surface area contributed by atoms with Gasteiger partial charge in [-0.25, -0.2) is 13.6 Å². The molecular weight excluding hydrogens is 286 g/mol. The highest BCUT2D eigenvalue weighted by atomic mass is 19.1. The second kappa shape index (κ2) is 6.13. The van der Waals surface area contributed by atoms with Gasteiger partial charge in [0.25, 0.3) is 0 Å². The van der Waals surface area contributed by atoms with Crippen LogP contribution >= 0.6 is 0 Å². The zero-order valence-electron chi connectivity index (χ0n) is 11.9. The number of amides is 2. The third-order valence-electron chi connectivity index (χ3n) is 3.72. The maximum Gasteiger partial charge on any atom is 0.319 e. The molecule has 0 aliphatic heterocycles. The highest BCUT2D eigenvalue weighted by molar-refractivity contribution is 5.89. The molecule has 0 saturated heterocycles. The van der Waals surface area contributed by atoms with Crippen LogP contribution in [0.15, 0.2) is 48.5 Å². The first-order valence-corrected chi connectivity index (χ1v) is 7.21. The minimum Gasteiger partial charge on any atom is -0.331 e. The summed E-state index contributed by atoms with van der Waals surface area (Å²) in [6, 6.07) is 12.1. The van der Waals surface area contributed by atoms with Crippen molar-refractivity contribution in [1.82, 2.24) is 5.32 Å². The van der Waals surface area contributed by atoms with Crippen LogP contribution < -0.4 is 10.6 Å². The number of carbonyl (C=O) groups excluding carboxylic acids is 1. The molecule has 0 radical (unpaired) electrons. The summed E-state index contributed by atoms with van der Waals surface area (Å²) in [5.41, 5.74) is 0.987. The van der Waals surface area contributed by atoms with Crippen LogP contribution in [0.1, 0.15) is 24.4 Å². The van der Waals surface area contributed by atoms with Gasteiger partial charge in [-0.2, -0.15) is 0 Å². The fraction of sp³-hybridized carbons (Fsp3) is 0.235. The van der Waals surface area contributed by atoms with Crippen molar-refractivity contribution < 1.29 is 13.6 Å². The lowest BCUT2D eigenvalue weighted by Gasteiger charge is -2.19. The smallest absolute Gasteiger partial charge is 0.319 e. The van der Waals surface area contributed by atoms with Crippen LogP contribution in [0.25, 0.3) is 0 Å². The summed E-state index contributed by atoms with van der Waals surface area (Å²) in [4.78, 5) is 12.1. The van der Waals surface area contributed by atoms with Crippen molar-refractivity contribution in [3.05, 3.63) is 65.7 Å². The molecule has 3 rings (SSSR count). The Morgan fingerprint density at radius 3 is 2.45 bits per heavy atom. The van der Waals surface area contributed by atoms with Crippen molar-refractivity contribution in [1.29, 1.82) is 0 Å². The molecule has 0 spiro atoms. The van der Waals surface area contributed by atoms with Gasteiger partial charge in [-0.3, -0.25) is 0 Å². The summed E-state index contributed by atoms with van der Waals surface area (Å²) in [6.45, 7) is 0. The molecule has 1 saturated carbocycles. The van der Waals surface area contributed by atoms with Gasteiger partial charge in [0.1, 0.15) is 11.6 Å². The third-order valence-corrected chi connectivity index (χ3v) is 3.72. The van der Waals surface area contributed by atoms with E-state index in [-0.39, 0.29) is 11.7 Å². The molecule has 3 nitrogen and oxygen atoms in total. The predicted molar refractivity (Wildman–Crippen MR) is 80.4 cm³/mol. The number of anilines is 1. The average Bonchev–Trinajstić information content (AvgIpc) is 3.33. The summed E-state index contributed by atoms with van der Waals surface area (Å²) >= 11 is 0. The van der Waals surface area contributed by atoms with Crippen LogP contribution in [0, 0.1) is 17.6 Å². The summed E-state index contributed by atoms with van der Waals surface area (Å²) in [6.07, 6.45) is 2.12. The summed E-state index contributed by atoms with van der Waals surface area (Å²) in [5.74, 6) is -1.06. The average molecular weight is 302 g/mol. The molecule has 2 aromatic rings. The number of hydrogen-bond donors (Lipinski definition) is 2. The lowest BCUT2D eigenvalue weighted by Crippen LogP contribution is -2.33. The monoisotopic (exact) mass is 302 g/mol. The number of rotatable bonds is 4. The van der Waals surface area contributed by atoms with Gasteiger partial charge in [0.2, 0.25) is 0 Å². The van der Waals surface area contributed by atoms with E-state index in [1.165, 1.54) is 6.07 Å². The first kappa shape index (κ1) is 14.5. The maximum atomic E-state index is 13.6. The van der Waals surface area contributed by atoms with Crippen LogP contribution in [0.2, 0.25) is 0 Å². The Morgan fingerprint density at radius 2 is 1.82 bits per heavy atom. The molecule has 0 heterocycles. The molecule has 22 heavy (non-hydrogen) atoms. The second-order valence-corrected chi connectivity index (χ2v) is 5.45. The van der Waals surface area contributed by atoms with Crippen molar-refractivity contribution in [3.63, 3.8) is 0 Å². The number of benzene rings is 2. The van der Waals surface area contributed by atoms with Gasteiger partial charge in [-0.15, -0.1) is 0 Å². The number of halogens is 2. The van der Waals surface area contributed by atoms with Crippen molar-refractivity contribution in [2.75, 3.05) is 5.32 Å². The van der Waals surface area contributed by atoms with Crippen LogP contribution in [-0.2, 0) is 0 Å². The van der Waals surface area contributed by atoms with E-state index in [1.807, 2.05) is 30.3 Å². The topological polar surface area (TPSA) is 41.1 Å². The predicted octanol–water partition coefficient (Wildman–Crippen LogP) is 4.24. The number of urea groups is 1. The number of hydrogen-bond acceptors (Lipinski definition) is 1. The highest BCUT2D eigenvalue weighted by Gasteiger charge is 2.33. The lowest BCUT2D eigenvalue weighted by molar-refractivity contribution is 0.247. The number of carbonyl (C=O) groups is 1. The van der Waals surface area contributed by atoms with Gasteiger partial charge >= 0.3 is 6.03 Å². The van der Waals surface area contributed by atoms with Crippen molar-refractivity contribution >= 4 is 11.7 Å². The Hall–Kier alpha value is -2.43. The minimum absolute atomic E-state index is 0.0403. The molecule has 1 unspecified atom stereocenters. The third kappa shape index (κ3) is 3.42. The van der Waals surface area contributed by atoms with Gasteiger partial charge in [0, 0.05) is 6.07 Å². The standard InChI is InChI=1S/C17H16F2N2O/c18-13-8-9-15(14(19)10-13)20-17(22)21-16(12-6-7-12)11-4-2-1-3-5-11/h1-5,8-10,12,16H,6-7H2,(H2,20,21,22). The molecule has 2 amide bonds. The van der Waals surface area contributed by atoms with E-state index in [2.05, 4.69) is 10.6 Å². The van der Waals surface area contributed by atoms with Crippen molar-refractivity contribution in [3.8, 4) is 0 Å². The van der Waals surface area contributed by atoms with Gasteiger partial charge in [-0.05, 0) is 36.5 Å². The quantitative estimate of drug-likeness (QED) is 0.871. The van der Waals surface area contributed by atoms with Gasteiger partial charge in [0.15, 0.2) is 0 Å². The molecule has 5 heteroatoms.